The summed E-state index contributed by atoms with van der Waals surface area (Å²) >= 11 is 5.07. The Kier molecular flexibility index (Phi) is 2.40. The molecule has 2 heterocycles. The van der Waals surface area contributed by atoms with E-state index in [9.17, 15) is 0 Å². The Morgan fingerprint density at radius 2 is 2.07 bits per heavy atom. The van der Waals surface area contributed by atoms with E-state index in [2.05, 4.69) is 15.2 Å². The van der Waals surface area contributed by atoms with Crippen LogP contribution in [-0.4, -0.2) is 19.7 Å². The van der Waals surface area contributed by atoms with E-state index in [0.717, 1.165) is 22.8 Å². The van der Waals surface area contributed by atoms with Gasteiger partial charge in [0.15, 0.2) is 10.6 Å². The largest absolute Gasteiger partial charge is 0.303 e. The van der Waals surface area contributed by atoms with Crippen molar-refractivity contribution in [1.82, 2.24) is 19.7 Å². The summed E-state index contributed by atoms with van der Waals surface area (Å²) in [5.41, 5.74) is 2.98. The van der Waals surface area contributed by atoms with Crippen LogP contribution in [0.3, 0.4) is 0 Å². The Morgan fingerprint density at radius 1 is 1.33 bits per heavy atom. The third-order valence-electron chi connectivity index (χ3n) is 2.35. The summed E-state index contributed by atoms with van der Waals surface area (Å²) in [7, 11) is 1.89. The lowest BCUT2D eigenvalue weighted by molar-refractivity contribution is 0.898. The molecule has 4 nitrogen and oxygen atoms in total. The molecular weight excluding hydrogens is 208 g/mol. The van der Waals surface area contributed by atoms with E-state index >= 15 is 0 Å². The van der Waals surface area contributed by atoms with Crippen LogP contribution in [0, 0.1) is 18.6 Å². The van der Waals surface area contributed by atoms with Crippen molar-refractivity contribution < 1.29 is 0 Å². The minimum atomic E-state index is 0.616. The van der Waals surface area contributed by atoms with E-state index in [-0.39, 0.29) is 0 Å². The Labute approximate surface area is 93.0 Å². The standard InChI is InChI=1S/C10H12N4S/c1-6-4-5-8(7(2)11-6)9-12-13-10(15)14(9)3/h4-5H,1-3H3,(H,13,15). The van der Waals surface area contributed by atoms with Crippen LogP contribution in [0.2, 0.25) is 0 Å². The normalized spacial score (nSPS) is 10.6. The Bertz CT molecular complexity index is 553. The predicted octanol–water partition coefficient (Wildman–Crippen LogP) is 2.16. The fourth-order valence-electron chi connectivity index (χ4n) is 1.51. The molecule has 0 bridgehead atoms. The number of aryl methyl sites for hydroxylation is 2. The van der Waals surface area contributed by atoms with Gasteiger partial charge in [-0.15, -0.1) is 0 Å². The lowest BCUT2D eigenvalue weighted by atomic mass is 10.2. The molecule has 1 N–H and O–H groups in total. The average molecular weight is 220 g/mol. The van der Waals surface area contributed by atoms with Gasteiger partial charge in [0, 0.05) is 24.0 Å². The van der Waals surface area contributed by atoms with Crippen LogP contribution in [0.15, 0.2) is 12.1 Å². The first-order valence-electron chi connectivity index (χ1n) is 4.65. The van der Waals surface area contributed by atoms with Crippen molar-refractivity contribution in [1.29, 1.82) is 0 Å². The SMILES string of the molecule is Cc1ccc(-c2n[nH]c(=S)n2C)c(C)n1. The zero-order chi connectivity index (χ0) is 11.0. The molecule has 15 heavy (non-hydrogen) atoms. The second-order valence-corrected chi connectivity index (χ2v) is 3.88. The van der Waals surface area contributed by atoms with Gasteiger partial charge in [-0.1, -0.05) is 0 Å². The van der Waals surface area contributed by atoms with Gasteiger partial charge in [-0.05, 0) is 38.2 Å². The van der Waals surface area contributed by atoms with Crippen LogP contribution in [-0.2, 0) is 7.05 Å². The molecule has 0 aliphatic heterocycles. The molecular formula is C10H12N4S. The van der Waals surface area contributed by atoms with Crippen molar-refractivity contribution in [2.75, 3.05) is 0 Å². The lowest BCUT2D eigenvalue weighted by Gasteiger charge is -2.04. The molecule has 0 saturated heterocycles. The number of H-pyrrole nitrogens is 1. The maximum absolute atomic E-state index is 5.07. The molecule has 0 amide bonds. The maximum atomic E-state index is 5.07. The number of nitrogens with one attached hydrogen (secondary N) is 1. The quantitative estimate of drug-likeness (QED) is 0.749. The van der Waals surface area contributed by atoms with Gasteiger partial charge in [-0.3, -0.25) is 10.1 Å². The topological polar surface area (TPSA) is 46.5 Å². The van der Waals surface area contributed by atoms with Gasteiger partial charge in [0.05, 0.1) is 0 Å². The number of hydrogen-bond acceptors (Lipinski definition) is 3. The van der Waals surface area contributed by atoms with Gasteiger partial charge in [-0.2, -0.15) is 5.10 Å². The summed E-state index contributed by atoms with van der Waals surface area (Å²) in [6.07, 6.45) is 0. The van der Waals surface area contributed by atoms with Crippen LogP contribution in [0.4, 0.5) is 0 Å². The monoisotopic (exact) mass is 220 g/mol. The molecule has 0 fully saturated rings. The summed E-state index contributed by atoms with van der Waals surface area (Å²) in [6.45, 7) is 3.94. The number of rotatable bonds is 1. The van der Waals surface area contributed by atoms with Gasteiger partial charge in [0.25, 0.3) is 0 Å². The summed E-state index contributed by atoms with van der Waals surface area (Å²) < 4.78 is 2.46. The van der Waals surface area contributed by atoms with Crippen molar-refractivity contribution in [3.05, 3.63) is 28.3 Å². The molecule has 0 unspecified atom stereocenters. The van der Waals surface area contributed by atoms with Crippen LogP contribution in [0.1, 0.15) is 11.4 Å². The highest BCUT2D eigenvalue weighted by molar-refractivity contribution is 7.71. The maximum Gasteiger partial charge on any atom is 0.195 e. The van der Waals surface area contributed by atoms with Crippen LogP contribution < -0.4 is 0 Å². The smallest absolute Gasteiger partial charge is 0.195 e. The minimum Gasteiger partial charge on any atom is -0.303 e. The molecule has 2 aromatic rings. The van der Waals surface area contributed by atoms with Crippen LogP contribution in [0.5, 0.6) is 0 Å². The van der Waals surface area contributed by atoms with Crippen molar-refractivity contribution in [2.45, 2.75) is 13.8 Å². The molecule has 0 aliphatic rings. The highest BCUT2D eigenvalue weighted by Gasteiger charge is 2.08. The second-order valence-electron chi connectivity index (χ2n) is 3.50. The Balaban J connectivity index is 2.64. The van der Waals surface area contributed by atoms with Gasteiger partial charge in [-0.25, -0.2) is 0 Å². The van der Waals surface area contributed by atoms with E-state index < -0.39 is 0 Å². The van der Waals surface area contributed by atoms with Crippen LogP contribution >= 0.6 is 12.2 Å². The van der Waals surface area contributed by atoms with Crippen molar-refractivity contribution in [3.63, 3.8) is 0 Å². The molecule has 0 atom stereocenters. The van der Waals surface area contributed by atoms with Gasteiger partial charge in [0.1, 0.15) is 0 Å². The molecule has 0 radical (unpaired) electrons. The first kappa shape index (κ1) is 10.0. The summed E-state index contributed by atoms with van der Waals surface area (Å²) in [4.78, 5) is 4.40. The van der Waals surface area contributed by atoms with E-state index in [1.54, 1.807) is 0 Å². The number of nitrogens with zero attached hydrogens (tertiary/aromatic N) is 3. The molecule has 2 aromatic heterocycles. The predicted molar refractivity (Wildman–Crippen MR) is 61.1 cm³/mol. The molecule has 2 rings (SSSR count). The number of aromatic nitrogens is 4. The molecule has 0 saturated carbocycles. The van der Waals surface area contributed by atoms with E-state index in [4.69, 9.17) is 12.2 Å². The average Bonchev–Trinajstić information content (AvgIpc) is 2.49. The molecule has 0 aliphatic carbocycles. The minimum absolute atomic E-state index is 0.616. The van der Waals surface area contributed by atoms with Crippen LogP contribution in [0.25, 0.3) is 11.4 Å². The number of hydrogen-bond donors (Lipinski definition) is 1. The third-order valence-corrected chi connectivity index (χ3v) is 2.71. The van der Waals surface area contributed by atoms with E-state index in [1.807, 2.05) is 37.6 Å². The fraction of sp³-hybridized carbons (Fsp3) is 0.300. The highest BCUT2D eigenvalue weighted by atomic mass is 32.1. The summed E-state index contributed by atoms with van der Waals surface area (Å²) in [5, 5.41) is 6.95. The second kappa shape index (κ2) is 3.58. The van der Waals surface area contributed by atoms with Gasteiger partial charge < -0.3 is 4.57 Å². The lowest BCUT2D eigenvalue weighted by Crippen LogP contribution is -1.97. The molecule has 0 aromatic carbocycles. The van der Waals surface area contributed by atoms with Gasteiger partial charge >= 0.3 is 0 Å². The molecule has 78 valence electrons. The summed E-state index contributed by atoms with van der Waals surface area (Å²) in [6, 6.07) is 3.99. The van der Waals surface area contributed by atoms with Crippen molar-refractivity contribution in [3.8, 4) is 11.4 Å². The summed E-state index contributed by atoms with van der Waals surface area (Å²) in [5.74, 6) is 0.824. The van der Waals surface area contributed by atoms with Crippen molar-refractivity contribution in [2.24, 2.45) is 7.05 Å². The van der Waals surface area contributed by atoms with E-state index in [1.165, 1.54) is 0 Å². The Morgan fingerprint density at radius 3 is 2.60 bits per heavy atom. The molecule has 0 spiro atoms. The highest BCUT2D eigenvalue weighted by Crippen LogP contribution is 2.19. The first-order valence-corrected chi connectivity index (χ1v) is 5.06. The number of pyridine rings is 1. The zero-order valence-corrected chi connectivity index (χ0v) is 9.72. The number of aromatic amines is 1. The van der Waals surface area contributed by atoms with E-state index in [0.29, 0.717) is 4.77 Å². The fourth-order valence-corrected chi connectivity index (χ4v) is 1.64. The third kappa shape index (κ3) is 1.70. The zero-order valence-electron chi connectivity index (χ0n) is 8.90. The van der Waals surface area contributed by atoms with Gasteiger partial charge in [0.2, 0.25) is 0 Å². The first-order chi connectivity index (χ1) is 7.09. The van der Waals surface area contributed by atoms with Crippen molar-refractivity contribution >= 4 is 12.2 Å². The Hall–Kier alpha value is -1.49. The molecule has 5 heteroatoms.